The number of anilines is 1. The molecule has 5 heteroatoms. The molecule has 0 aliphatic carbocycles. The summed E-state index contributed by atoms with van der Waals surface area (Å²) in [5, 5.41) is 2.44. The molecule has 3 N–H and O–H groups in total. The van der Waals surface area contributed by atoms with Crippen molar-refractivity contribution in [1.82, 2.24) is 10.4 Å². The number of hydrogen-bond acceptors (Lipinski definition) is 3. The lowest BCUT2D eigenvalue weighted by atomic mass is 10.00. The van der Waals surface area contributed by atoms with Crippen LogP contribution in [0.2, 0.25) is 5.02 Å². The molecule has 0 saturated carbocycles. The number of nitrogens with zero attached hydrogens (tertiary/aromatic N) is 1. The Labute approximate surface area is 118 Å². The van der Waals surface area contributed by atoms with E-state index in [0.717, 1.165) is 12.8 Å². The van der Waals surface area contributed by atoms with E-state index in [1.807, 2.05) is 5.01 Å². The monoisotopic (exact) mass is 281 g/mol. The fourth-order valence-corrected chi connectivity index (χ4v) is 2.74. The lowest BCUT2D eigenvalue weighted by molar-refractivity contribution is 0.0370. The summed E-state index contributed by atoms with van der Waals surface area (Å²) in [5.74, 6) is -0.196. The lowest BCUT2D eigenvalue weighted by Crippen LogP contribution is -2.54. The number of piperidine rings is 1. The van der Waals surface area contributed by atoms with Crippen molar-refractivity contribution in [3.63, 3.8) is 0 Å². The van der Waals surface area contributed by atoms with Gasteiger partial charge in [0.25, 0.3) is 5.91 Å². The van der Waals surface area contributed by atoms with Crippen LogP contribution in [0.1, 0.15) is 43.5 Å². The van der Waals surface area contributed by atoms with Crippen molar-refractivity contribution in [3.05, 3.63) is 28.8 Å². The first-order valence-corrected chi connectivity index (χ1v) is 7.01. The molecule has 2 rings (SSSR count). The van der Waals surface area contributed by atoms with Crippen LogP contribution in [-0.2, 0) is 0 Å². The molecule has 4 nitrogen and oxygen atoms in total. The van der Waals surface area contributed by atoms with Crippen LogP contribution in [0, 0.1) is 0 Å². The summed E-state index contributed by atoms with van der Waals surface area (Å²) < 4.78 is 0. The molecule has 2 atom stereocenters. The minimum absolute atomic E-state index is 0.196. The minimum Gasteiger partial charge on any atom is -0.399 e. The van der Waals surface area contributed by atoms with Crippen LogP contribution in [0.15, 0.2) is 18.2 Å². The van der Waals surface area contributed by atoms with Gasteiger partial charge in [-0.2, -0.15) is 0 Å². The molecule has 2 unspecified atom stereocenters. The zero-order chi connectivity index (χ0) is 14.0. The van der Waals surface area contributed by atoms with Crippen molar-refractivity contribution in [1.29, 1.82) is 0 Å². The van der Waals surface area contributed by atoms with E-state index in [0.29, 0.717) is 28.4 Å². The third-order valence-electron chi connectivity index (χ3n) is 3.66. The number of nitrogen functional groups attached to an aromatic ring is 1. The SMILES string of the molecule is CC1CCCC(C)N1NC(=O)c1cc(N)ccc1Cl. The Morgan fingerprint density at radius 2 is 2.00 bits per heavy atom. The van der Waals surface area contributed by atoms with Crippen LogP contribution < -0.4 is 11.2 Å². The van der Waals surface area contributed by atoms with Crippen molar-refractivity contribution >= 4 is 23.2 Å². The highest BCUT2D eigenvalue weighted by molar-refractivity contribution is 6.33. The van der Waals surface area contributed by atoms with E-state index < -0.39 is 0 Å². The number of hydrogen-bond donors (Lipinski definition) is 2. The Hall–Kier alpha value is -1.26. The number of amides is 1. The molecular weight excluding hydrogens is 262 g/mol. The quantitative estimate of drug-likeness (QED) is 0.820. The summed E-state index contributed by atoms with van der Waals surface area (Å²) >= 11 is 6.05. The Morgan fingerprint density at radius 3 is 2.63 bits per heavy atom. The molecule has 1 aliphatic heterocycles. The maximum Gasteiger partial charge on any atom is 0.267 e. The molecule has 0 aromatic heterocycles. The van der Waals surface area contributed by atoms with Crippen molar-refractivity contribution < 1.29 is 4.79 Å². The Bertz CT molecular complexity index is 468. The lowest BCUT2D eigenvalue weighted by Gasteiger charge is -2.38. The van der Waals surface area contributed by atoms with Crippen LogP contribution in [0.25, 0.3) is 0 Å². The van der Waals surface area contributed by atoms with E-state index in [1.54, 1.807) is 18.2 Å². The number of carbonyl (C=O) groups excluding carboxylic acids is 1. The van der Waals surface area contributed by atoms with Gasteiger partial charge in [-0.15, -0.1) is 0 Å². The number of benzene rings is 1. The maximum atomic E-state index is 12.3. The first kappa shape index (κ1) is 14.2. The van der Waals surface area contributed by atoms with Gasteiger partial charge in [0.05, 0.1) is 10.6 Å². The van der Waals surface area contributed by atoms with Gasteiger partial charge in [-0.05, 0) is 44.9 Å². The molecule has 1 aromatic rings. The average molecular weight is 282 g/mol. The van der Waals surface area contributed by atoms with Gasteiger partial charge in [-0.3, -0.25) is 10.2 Å². The van der Waals surface area contributed by atoms with Crippen molar-refractivity contribution in [2.45, 2.75) is 45.2 Å². The van der Waals surface area contributed by atoms with Crippen LogP contribution in [0.3, 0.4) is 0 Å². The third-order valence-corrected chi connectivity index (χ3v) is 3.99. The Morgan fingerprint density at radius 1 is 1.37 bits per heavy atom. The van der Waals surface area contributed by atoms with Gasteiger partial charge in [0.15, 0.2) is 0 Å². The molecule has 1 heterocycles. The number of carbonyl (C=O) groups is 1. The molecule has 1 aromatic carbocycles. The van der Waals surface area contributed by atoms with Crippen molar-refractivity contribution in [2.24, 2.45) is 0 Å². The summed E-state index contributed by atoms with van der Waals surface area (Å²) in [4.78, 5) is 12.3. The number of nitrogens with two attached hydrogens (primary N) is 1. The maximum absolute atomic E-state index is 12.3. The summed E-state index contributed by atoms with van der Waals surface area (Å²) in [6.07, 6.45) is 3.39. The zero-order valence-electron chi connectivity index (χ0n) is 11.3. The van der Waals surface area contributed by atoms with Crippen LogP contribution in [-0.4, -0.2) is 23.0 Å². The molecule has 0 spiro atoms. The molecule has 104 valence electrons. The van der Waals surface area contributed by atoms with E-state index in [9.17, 15) is 4.79 Å². The van der Waals surface area contributed by atoms with Gasteiger partial charge < -0.3 is 5.73 Å². The number of rotatable bonds is 2. The predicted octanol–water partition coefficient (Wildman–Crippen LogP) is 2.83. The summed E-state index contributed by atoms with van der Waals surface area (Å²) in [6.45, 7) is 4.24. The molecule has 1 fully saturated rings. The number of nitrogens with one attached hydrogen (secondary N) is 1. The van der Waals surface area contributed by atoms with Gasteiger partial charge in [0.2, 0.25) is 0 Å². The number of hydrazine groups is 1. The average Bonchev–Trinajstić information content (AvgIpc) is 2.37. The second-order valence-electron chi connectivity index (χ2n) is 5.22. The van der Waals surface area contributed by atoms with E-state index in [1.165, 1.54) is 6.42 Å². The van der Waals surface area contributed by atoms with Gasteiger partial charge in [0, 0.05) is 17.8 Å². The molecule has 0 radical (unpaired) electrons. The smallest absolute Gasteiger partial charge is 0.267 e. The van der Waals surface area contributed by atoms with Crippen LogP contribution in [0.5, 0.6) is 0 Å². The molecule has 1 saturated heterocycles. The fourth-order valence-electron chi connectivity index (χ4n) is 2.54. The first-order chi connectivity index (χ1) is 8.99. The van der Waals surface area contributed by atoms with Crippen LogP contribution in [0.4, 0.5) is 5.69 Å². The first-order valence-electron chi connectivity index (χ1n) is 6.63. The Kier molecular flexibility index (Phi) is 4.32. The van der Waals surface area contributed by atoms with Crippen molar-refractivity contribution in [3.8, 4) is 0 Å². The van der Waals surface area contributed by atoms with E-state index in [2.05, 4.69) is 19.3 Å². The zero-order valence-corrected chi connectivity index (χ0v) is 12.1. The molecule has 19 heavy (non-hydrogen) atoms. The third kappa shape index (κ3) is 3.19. The van der Waals surface area contributed by atoms with E-state index in [-0.39, 0.29) is 5.91 Å². The predicted molar refractivity (Wildman–Crippen MR) is 77.9 cm³/mol. The van der Waals surface area contributed by atoms with E-state index >= 15 is 0 Å². The minimum atomic E-state index is -0.196. The summed E-state index contributed by atoms with van der Waals surface area (Å²) in [5.41, 5.74) is 9.62. The highest BCUT2D eigenvalue weighted by Crippen LogP contribution is 2.22. The molecule has 1 aliphatic rings. The summed E-state index contributed by atoms with van der Waals surface area (Å²) in [7, 11) is 0. The standard InChI is InChI=1S/C14H20ClN3O/c1-9-4-3-5-10(2)18(9)17-14(19)12-8-11(16)6-7-13(12)15/h6-10H,3-5,16H2,1-2H3,(H,17,19). The van der Waals surface area contributed by atoms with Gasteiger partial charge in [-0.25, -0.2) is 5.01 Å². The second kappa shape index (κ2) is 5.80. The molecule has 1 amide bonds. The van der Waals surface area contributed by atoms with Gasteiger partial charge in [0.1, 0.15) is 0 Å². The summed E-state index contributed by atoms with van der Waals surface area (Å²) in [6, 6.07) is 5.62. The van der Waals surface area contributed by atoms with Crippen molar-refractivity contribution in [2.75, 3.05) is 5.73 Å². The second-order valence-corrected chi connectivity index (χ2v) is 5.62. The Balaban J connectivity index is 2.14. The molecule has 0 bridgehead atoms. The van der Waals surface area contributed by atoms with Crippen LogP contribution >= 0.6 is 11.6 Å². The topological polar surface area (TPSA) is 58.4 Å². The van der Waals surface area contributed by atoms with Gasteiger partial charge >= 0.3 is 0 Å². The highest BCUT2D eigenvalue weighted by Gasteiger charge is 2.26. The largest absolute Gasteiger partial charge is 0.399 e. The fraction of sp³-hybridized carbons (Fsp3) is 0.500. The molecular formula is C14H20ClN3O. The normalized spacial score (nSPS) is 24.2. The van der Waals surface area contributed by atoms with E-state index in [4.69, 9.17) is 17.3 Å². The number of halogens is 1. The highest BCUT2D eigenvalue weighted by atomic mass is 35.5. The van der Waals surface area contributed by atoms with Gasteiger partial charge in [-0.1, -0.05) is 18.0 Å².